The largest absolute Gasteiger partial charge is 0.481 e. The smallest absolute Gasteiger partial charge is 0.304 e. The Labute approximate surface area is 82.0 Å². The van der Waals surface area contributed by atoms with Gasteiger partial charge in [-0.1, -0.05) is 6.92 Å². The Kier molecular flexibility index (Phi) is 7.03. The SMILES string of the molecule is CC(CC(=O)O)SC(CO)CCO. The molecular weight excluding hydrogens is 192 g/mol. The summed E-state index contributed by atoms with van der Waals surface area (Å²) in [6.07, 6.45) is 0.595. The maximum Gasteiger partial charge on any atom is 0.304 e. The fraction of sp³-hybridized carbons (Fsp3) is 0.875. The van der Waals surface area contributed by atoms with E-state index in [1.54, 1.807) is 6.92 Å². The number of thioether (sulfide) groups is 1. The molecule has 78 valence electrons. The van der Waals surface area contributed by atoms with Crippen molar-refractivity contribution < 1.29 is 20.1 Å². The molecule has 13 heavy (non-hydrogen) atoms. The van der Waals surface area contributed by atoms with Gasteiger partial charge in [-0.3, -0.25) is 4.79 Å². The van der Waals surface area contributed by atoms with Crippen LogP contribution in [0.5, 0.6) is 0 Å². The van der Waals surface area contributed by atoms with Crippen molar-refractivity contribution in [2.24, 2.45) is 0 Å². The van der Waals surface area contributed by atoms with E-state index >= 15 is 0 Å². The zero-order chi connectivity index (χ0) is 10.3. The zero-order valence-electron chi connectivity index (χ0n) is 7.64. The molecule has 0 aromatic rings. The lowest BCUT2D eigenvalue weighted by Crippen LogP contribution is -2.16. The number of rotatable bonds is 7. The topological polar surface area (TPSA) is 77.8 Å². The molecule has 0 saturated heterocycles. The number of carboxylic acid groups (broad SMARTS) is 1. The van der Waals surface area contributed by atoms with Crippen LogP contribution < -0.4 is 0 Å². The minimum Gasteiger partial charge on any atom is -0.481 e. The van der Waals surface area contributed by atoms with Gasteiger partial charge in [-0.25, -0.2) is 0 Å². The lowest BCUT2D eigenvalue weighted by molar-refractivity contribution is -0.136. The van der Waals surface area contributed by atoms with Crippen LogP contribution >= 0.6 is 11.8 Å². The van der Waals surface area contributed by atoms with Crippen LogP contribution in [-0.4, -0.2) is 45.0 Å². The molecule has 0 saturated carbocycles. The number of aliphatic carboxylic acids is 1. The summed E-state index contributed by atoms with van der Waals surface area (Å²) in [4.78, 5) is 10.3. The Morgan fingerprint density at radius 3 is 2.46 bits per heavy atom. The van der Waals surface area contributed by atoms with E-state index in [0.29, 0.717) is 6.42 Å². The Bertz CT molecular complexity index is 151. The van der Waals surface area contributed by atoms with Crippen molar-refractivity contribution in [2.75, 3.05) is 13.2 Å². The minimum atomic E-state index is -0.833. The summed E-state index contributed by atoms with van der Waals surface area (Å²) in [5.74, 6) is -0.833. The number of aliphatic hydroxyl groups excluding tert-OH is 2. The molecule has 0 bridgehead atoms. The molecular formula is C8H16O4S. The highest BCUT2D eigenvalue weighted by Crippen LogP contribution is 2.22. The molecule has 0 spiro atoms. The van der Waals surface area contributed by atoms with Gasteiger partial charge in [0.1, 0.15) is 0 Å². The summed E-state index contributed by atoms with van der Waals surface area (Å²) < 4.78 is 0. The monoisotopic (exact) mass is 208 g/mol. The standard InChI is InChI=1S/C8H16O4S/c1-6(4-8(11)12)13-7(5-10)2-3-9/h6-7,9-10H,2-5H2,1H3,(H,11,12). The fourth-order valence-electron chi connectivity index (χ4n) is 0.969. The van der Waals surface area contributed by atoms with Gasteiger partial charge in [0.05, 0.1) is 13.0 Å². The lowest BCUT2D eigenvalue weighted by Gasteiger charge is -2.16. The predicted molar refractivity (Wildman–Crippen MR) is 51.9 cm³/mol. The minimum absolute atomic E-state index is 0.0187. The molecule has 5 heteroatoms. The number of carbonyl (C=O) groups is 1. The van der Waals surface area contributed by atoms with Gasteiger partial charge in [0.15, 0.2) is 0 Å². The molecule has 0 radical (unpaired) electrons. The molecule has 0 aliphatic rings. The molecule has 0 heterocycles. The van der Waals surface area contributed by atoms with Gasteiger partial charge in [0.2, 0.25) is 0 Å². The van der Waals surface area contributed by atoms with Crippen molar-refractivity contribution in [1.29, 1.82) is 0 Å². The van der Waals surface area contributed by atoms with Crippen LogP contribution in [0.15, 0.2) is 0 Å². The quantitative estimate of drug-likeness (QED) is 0.562. The summed E-state index contributed by atoms with van der Waals surface area (Å²) in [6, 6.07) is 0. The van der Waals surface area contributed by atoms with E-state index < -0.39 is 5.97 Å². The fourth-order valence-corrected chi connectivity index (χ4v) is 2.19. The van der Waals surface area contributed by atoms with E-state index in [2.05, 4.69) is 0 Å². The van der Waals surface area contributed by atoms with Crippen LogP contribution in [0.4, 0.5) is 0 Å². The third kappa shape index (κ3) is 6.86. The normalized spacial score (nSPS) is 15.3. The summed E-state index contributed by atoms with van der Waals surface area (Å²) in [6.45, 7) is 1.81. The molecule has 0 fully saturated rings. The first-order valence-electron chi connectivity index (χ1n) is 4.19. The van der Waals surface area contributed by atoms with Crippen LogP contribution in [0.1, 0.15) is 19.8 Å². The van der Waals surface area contributed by atoms with Gasteiger partial charge in [-0.15, -0.1) is 0 Å². The Balaban J connectivity index is 3.72. The van der Waals surface area contributed by atoms with Crippen LogP contribution in [-0.2, 0) is 4.79 Å². The zero-order valence-corrected chi connectivity index (χ0v) is 8.46. The number of carboxylic acids is 1. The molecule has 0 amide bonds. The molecule has 3 N–H and O–H groups in total. The second-order valence-corrected chi connectivity index (χ2v) is 4.60. The first kappa shape index (κ1) is 12.7. The molecule has 2 unspecified atom stereocenters. The summed E-state index contributed by atoms with van der Waals surface area (Å²) >= 11 is 1.41. The molecule has 0 rings (SSSR count). The van der Waals surface area contributed by atoms with E-state index in [1.807, 2.05) is 0 Å². The van der Waals surface area contributed by atoms with Gasteiger partial charge in [-0.2, -0.15) is 11.8 Å². The number of hydrogen-bond donors (Lipinski definition) is 3. The molecule has 4 nitrogen and oxygen atoms in total. The van der Waals surface area contributed by atoms with E-state index in [0.717, 1.165) is 0 Å². The average molecular weight is 208 g/mol. The Hall–Kier alpha value is -0.260. The van der Waals surface area contributed by atoms with Crippen molar-refractivity contribution >= 4 is 17.7 Å². The van der Waals surface area contributed by atoms with Gasteiger partial charge in [0.25, 0.3) is 0 Å². The Morgan fingerprint density at radius 1 is 1.46 bits per heavy atom. The second-order valence-electron chi connectivity index (χ2n) is 2.86. The number of aliphatic hydroxyl groups is 2. The predicted octanol–water partition coefficient (Wildman–Crippen LogP) is 0.326. The van der Waals surface area contributed by atoms with E-state index in [-0.39, 0.29) is 30.1 Å². The van der Waals surface area contributed by atoms with Crippen molar-refractivity contribution in [3.05, 3.63) is 0 Å². The third-order valence-corrected chi connectivity index (χ3v) is 2.94. The Morgan fingerprint density at radius 2 is 2.08 bits per heavy atom. The van der Waals surface area contributed by atoms with Gasteiger partial charge in [-0.05, 0) is 6.42 Å². The summed E-state index contributed by atoms with van der Waals surface area (Å²) in [5, 5.41) is 25.9. The molecule has 0 aromatic heterocycles. The van der Waals surface area contributed by atoms with E-state index in [1.165, 1.54) is 11.8 Å². The van der Waals surface area contributed by atoms with E-state index in [9.17, 15) is 4.79 Å². The first-order chi connectivity index (χ1) is 6.10. The van der Waals surface area contributed by atoms with Gasteiger partial charge < -0.3 is 15.3 Å². The highest BCUT2D eigenvalue weighted by Gasteiger charge is 2.14. The third-order valence-electron chi connectivity index (χ3n) is 1.54. The second kappa shape index (κ2) is 7.17. The van der Waals surface area contributed by atoms with Crippen molar-refractivity contribution in [3.63, 3.8) is 0 Å². The average Bonchev–Trinajstić information content (AvgIpc) is 2.02. The summed E-state index contributed by atoms with van der Waals surface area (Å²) in [7, 11) is 0. The highest BCUT2D eigenvalue weighted by molar-refractivity contribution is 8.00. The van der Waals surface area contributed by atoms with Crippen molar-refractivity contribution in [2.45, 2.75) is 30.3 Å². The molecule has 0 aliphatic heterocycles. The highest BCUT2D eigenvalue weighted by atomic mass is 32.2. The number of hydrogen-bond acceptors (Lipinski definition) is 4. The lowest BCUT2D eigenvalue weighted by atomic mass is 10.3. The summed E-state index contributed by atoms with van der Waals surface area (Å²) in [5.41, 5.74) is 0. The maximum absolute atomic E-state index is 10.3. The first-order valence-corrected chi connectivity index (χ1v) is 5.13. The van der Waals surface area contributed by atoms with Crippen molar-refractivity contribution in [1.82, 2.24) is 0 Å². The molecule has 0 aromatic carbocycles. The maximum atomic E-state index is 10.3. The van der Waals surface area contributed by atoms with Crippen LogP contribution in [0.3, 0.4) is 0 Å². The van der Waals surface area contributed by atoms with E-state index in [4.69, 9.17) is 15.3 Å². The van der Waals surface area contributed by atoms with Gasteiger partial charge >= 0.3 is 5.97 Å². The molecule has 0 aliphatic carbocycles. The van der Waals surface area contributed by atoms with Gasteiger partial charge in [0, 0.05) is 17.1 Å². The van der Waals surface area contributed by atoms with Crippen molar-refractivity contribution in [3.8, 4) is 0 Å². The van der Waals surface area contributed by atoms with Crippen LogP contribution in [0.2, 0.25) is 0 Å². The molecule has 2 atom stereocenters. The van der Waals surface area contributed by atoms with Crippen LogP contribution in [0.25, 0.3) is 0 Å². The van der Waals surface area contributed by atoms with Crippen LogP contribution in [0, 0.1) is 0 Å².